The summed E-state index contributed by atoms with van der Waals surface area (Å²) < 4.78 is 0. The SMILES string of the molecule is CCNC(CO)(CN(C)C)C1CC1. The number of aliphatic hydroxyl groups is 1. The van der Waals surface area contributed by atoms with Crippen molar-refractivity contribution in [1.82, 2.24) is 10.2 Å². The average molecular weight is 186 g/mol. The van der Waals surface area contributed by atoms with Crippen LogP contribution >= 0.6 is 0 Å². The van der Waals surface area contributed by atoms with Gasteiger partial charge in [0.2, 0.25) is 0 Å². The highest BCUT2D eigenvalue weighted by Crippen LogP contribution is 2.39. The molecule has 0 aromatic heterocycles. The van der Waals surface area contributed by atoms with Gasteiger partial charge in [-0.05, 0) is 39.4 Å². The molecular weight excluding hydrogens is 164 g/mol. The number of aliphatic hydroxyl groups excluding tert-OH is 1. The van der Waals surface area contributed by atoms with Crippen LogP contribution in [0, 0.1) is 5.92 Å². The average Bonchev–Trinajstić information content (AvgIpc) is 2.85. The minimum atomic E-state index is -0.0434. The van der Waals surface area contributed by atoms with Gasteiger partial charge in [-0.15, -0.1) is 0 Å². The fourth-order valence-electron chi connectivity index (χ4n) is 2.12. The minimum Gasteiger partial charge on any atom is -0.394 e. The molecular formula is C10H22N2O. The largest absolute Gasteiger partial charge is 0.394 e. The zero-order chi connectivity index (χ0) is 9.90. The van der Waals surface area contributed by atoms with Gasteiger partial charge in [0.25, 0.3) is 0 Å². The Kier molecular flexibility index (Phi) is 3.71. The van der Waals surface area contributed by atoms with E-state index in [1.54, 1.807) is 0 Å². The van der Waals surface area contributed by atoms with Gasteiger partial charge in [-0.25, -0.2) is 0 Å². The van der Waals surface area contributed by atoms with Crippen molar-refractivity contribution in [3.8, 4) is 0 Å². The van der Waals surface area contributed by atoms with Crippen LogP contribution in [0.5, 0.6) is 0 Å². The monoisotopic (exact) mass is 186 g/mol. The molecule has 0 heterocycles. The lowest BCUT2D eigenvalue weighted by Crippen LogP contribution is -2.56. The standard InChI is InChI=1S/C10H22N2O/c1-4-11-10(8-13,7-12(2)3)9-5-6-9/h9,11,13H,4-8H2,1-3H3. The number of rotatable bonds is 6. The third-order valence-electron chi connectivity index (χ3n) is 2.77. The van der Waals surface area contributed by atoms with Gasteiger partial charge >= 0.3 is 0 Å². The van der Waals surface area contributed by atoms with Crippen molar-refractivity contribution in [2.75, 3.05) is 33.8 Å². The summed E-state index contributed by atoms with van der Waals surface area (Å²) in [7, 11) is 4.12. The van der Waals surface area contributed by atoms with Gasteiger partial charge in [-0.3, -0.25) is 0 Å². The second kappa shape index (κ2) is 4.40. The summed E-state index contributed by atoms with van der Waals surface area (Å²) in [5.74, 6) is 0.680. The summed E-state index contributed by atoms with van der Waals surface area (Å²) in [5, 5.41) is 12.9. The van der Waals surface area contributed by atoms with Crippen LogP contribution in [-0.2, 0) is 0 Å². The molecule has 1 saturated carbocycles. The first-order chi connectivity index (χ1) is 6.14. The molecule has 0 aromatic carbocycles. The van der Waals surface area contributed by atoms with Crippen molar-refractivity contribution in [1.29, 1.82) is 0 Å². The molecule has 1 rings (SSSR count). The highest BCUT2D eigenvalue weighted by atomic mass is 16.3. The molecule has 0 radical (unpaired) electrons. The van der Waals surface area contributed by atoms with Crippen LogP contribution in [0.4, 0.5) is 0 Å². The first-order valence-corrected chi connectivity index (χ1v) is 5.15. The second-order valence-corrected chi connectivity index (χ2v) is 4.36. The topological polar surface area (TPSA) is 35.5 Å². The Bertz CT molecular complexity index is 157. The molecule has 78 valence electrons. The van der Waals surface area contributed by atoms with Crippen molar-refractivity contribution < 1.29 is 5.11 Å². The predicted molar refractivity (Wildman–Crippen MR) is 54.8 cm³/mol. The van der Waals surface area contributed by atoms with E-state index in [1.165, 1.54) is 12.8 Å². The normalized spacial score (nSPS) is 21.9. The smallest absolute Gasteiger partial charge is 0.0628 e. The van der Waals surface area contributed by atoms with E-state index in [1.807, 2.05) is 0 Å². The Morgan fingerprint density at radius 2 is 2.08 bits per heavy atom. The quantitative estimate of drug-likeness (QED) is 0.626. The van der Waals surface area contributed by atoms with E-state index in [2.05, 4.69) is 31.2 Å². The Morgan fingerprint density at radius 3 is 2.38 bits per heavy atom. The molecule has 1 fully saturated rings. The van der Waals surface area contributed by atoms with Gasteiger partial charge in [0.05, 0.1) is 12.1 Å². The highest BCUT2D eigenvalue weighted by Gasteiger charge is 2.44. The summed E-state index contributed by atoms with van der Waals surface area (Å²) in [6.45, 7) is 4.22. The third kappa shape index (κ3) is 2.66. The van der Waals surface area contributed by atoms with Gasteiger partial charge in [0.1, 0.15) is 0 Å². The van der Waals surface area contributed by atoms with Crippen molar-refractivity contribution in [3.63, 3.8) is 0 Å². The lowest BCUT2D eigenvalue weighted by molar-refractivity contribution is 0.111. The van der Waals surface area contributed by atoms with E-state index < -0.39 is 0 Å². The Labute approximate surface area is 81.1 Å². The van der Waals surface area contributed by atoms with Gasteiger partial charge in [0, 0.05) is 6.54 Å². The van der Waals surface area contributed by atoms with E-state index >= 15 is 0 Å². The van der Waals surface area contributed by atoms with Gasteiger partial charge in [-0.1, -0.05) is 6.92 Å². The zero-order valence-electron chi connectivity index (χ0n) is 9.01. The Balaban J connectivity index is 2.57. The molecule has 0 aliphatic heterocycles. The molecule has 1 aliphatic rings. The molecule has 1 unspecified atom stereocenters. The van der Waals surface area contributed by atoms with Gasteiger partial charge < -0.3 is 15.3 Å². The van der Waals surface area contributed by atoms with Gasteiger partial charge in [-0.2, -0.15) is 0 Å². The van der Waals surface area contributed by atoms with Gasteiger partial charge in [0.15, 0.2) is 0 Å². The maximum Gasteiger partial charge on any atom is 0.0628 e. The van der Waals surface area contributed by atoms with Crippen molar-refractivity contribution >= 4 is 0 Å². The van der Waals surface area contributed by atoms with Crippen LogP contribution in [0.25, 0.3) is 0 Å². The minimum absolute atomic E-state index is 0.0434. The molecule has 3 nitrogen and oxygen atoms in total. The van der Waals surface area contributed by atoms with Crippen LogP contribution in [0.1, 0.15) is 19.8 Å². The lowest BCUT2D eigenvalue weighted by Gasteiger charge is -2.35. The predicted octanol–water partition coefficient (Wildman–Crippen LogP) is 0.299. The maximum atomic E-state index is 9.48. The number of hydrogen-bond acceptors (Lipinski definition) is 3. The van der Waals surface area contributed by atoms with Crippen LogP contribution in [0.3, 0.4) is 0 Å². The second-order valence-electron chi connectivity index (χ2n) is 4.36. The molecule has 0 aromatic rings. The Hall–Kier alpha value is -0.120. The van der Waals surface area contributed by atoms with Crippen LogP contribution < -0.4 is 5.32 Å². The van der Waals surface area contributed by atoms with E-state index in [9.17, 15) is 5.11 Å². The molecule has 0 spiro atoms. The van der Waals surface area contributed by atoms with Crippen molar-refractivity contribution in [2.24, 2.45) is 5.92 Å². The molecule has 0 bridgehead atoms. The van der Waals surface area contributed by atoms with Crippen molar-refractivity contribution in [3.05, 3.63) is 0 Å². The Morgan fingerprint density at radius 1 is 1.46 bits per heavy atom. The summed E-state index contributed by atoms with van der Waals surface area (Å²) >= 11 is 0. The maximum absolute atomic E-state index is 9.48. The van der Waals surface area contributed by atoms with E-state index in [4.69, 9.17) is 0 Å². The van der Waals surface area contributed by atoms with E-state index in [-0.39, 0.29) is 12.1 Å². The molecule has 0 saturated heterocycles. The molecule has 13 heavy (non-hydrogen) atoms. The number of nitrogens with one attached hydrogen (secondary N) is 1. The number of likely N-dealkylation sites (N-methyl/N-ethyl adjacent to an activating group) is 2. The first-order valence-electron chi connectivity index (χ1n) is 5.15. The van der Waals surface area contributed by atoms with Crippen LogP contribution in [0.15, 0.2) is 0 Å². The number of nitrogens with zero attached hydrogens (tertiary/aromatic N) is 1. The summed E-state index contributed by atoms with van der Waals surface area (Å²) in [4.78, 5) is 2.15. The van der Waals surface area contributed by atoms with E-state index in [0.717, 1.165) is 13.1 Å². The fraction of sp³-hybridized carbons (Fsp3) is 1.00. The zero-order valence-corrected chi connectivity index (χ0v) is 9.01. The first kappa shape index (κ1) is 11.0. The van der Waals surface area contributed by atoms with Crippen LogP contribution in [-0.4, -0.2) is 49.3 Å². The number of hydrogen-bond donors (Lipinski definition) is 2. The summed E-state index contributed by atoms with van der Waals surface area (Å²) in [6, 6.07) is 0. The van der Waals surface area contributed by atoms with Crippen LogP contribution in [0.2, 0.25) is 0 Å². The lowest BCUT2D eigenvalue weighted by atomic mass is 9.93. The molecule has 2 N–H and O–H groups in total. The van der Waals surface area contributed by atoms with E-state index in [0.29, 0.717) is 5.92 Å². The van der Waals surface area contributed by atoms with Crippen molar-refractivity contribution in [2.45, 2.75) is 25.3 Å². The summed E-state index contributed by atoms with van der Waals surface area (Å²) in [6.07, 6.45) is 2.53. The summed E-state index contributed by atoms with van der Waals surface area (Å²) in [5.41, 5.74) is -0.0434. The molecule has 3 heteroatoms. The molecule has 0 amide bonds. The fourth-order valence-corrected chi connectivity index (χ4v) is 2.12. The molecule has 1 atom stereocenters. The molecule has 1 aliphatic carbocycles. The third-order valence-corrected chi connectivity index (χ3v) is 2.77. The highest BCUT2D eigenvalue weighted by molar-refractivity contribution is 5.02.